The molecular weight excluding hydrogens is 440 g/mol. The van der Waals surface area contributed by atoms with Crippen molar-refractivity contribution in [3.05, 3.63) is 94.9 Å². The molecule has 4 aromatic rings. The third-order valence-corrected chi connectivity index (χ3v) is 5.51. The fraction of sp³-hybridized carbons (Fsp3) is 0.120. The van der Waals surface area contributed by atoms with Crippen molar-refractivity contribution in [1.82, 2.24) is 19.7 Å². The Kier molecular flexibility index (Phi) is 5.26. The molecule has 168 valence electrons. The normalized spacial score (nSPS) is 12.5. The van der Waals surface area contributed by atoms with E-state index < -0.39 is 17.4 Å². The molecule has 0 bridgehead atoms. The number of benzene rings is 2. The van der Waals surface area contributed by atoms with Gasteiger partial charge in [0.05, 0.1) is 29.1 Å². The van der Waals surface area contributed by atoms with E-state index in [1.807, 2.05) is 25.4 Å². The maximum absolute atomic E-state index is 14.3. The second-order valence-electron chi connectivity index (χ2n) is 7.89. The van der Waals surface area contributed by atoms with Crippen molar-refractivity contribution in [1.29, 1.82) is 5.26 Å². The van der Waals surface area contributed by atoms with Gasteiger partial charge < -0.3 is 9.64 Å². The molecular formula is C25H17F2N5O2. The molecule has 0 N–H and O–H groups in total. The maximum Gasteiger partial charge on any atom is 0.258 e. The van der Waals surface area contributed by atoms with Crippen molar-refractivity contribution in [2.75, 3.05) is 0 Å². The number of rotatable bonds is 5. The summed E-state index contributed by atoms with van der Waals surface area (Å²) in [6, 6.07) is 12.1. The molecule has 7 nitrogen and oxygen atoms in total. The lowest BCUT2D eigenvalue weighted by molar-refractivity contribution is 0.0764. The fourth-order valence-corrected chi connectivity index (χ4v) is 3.89. The Hall–Kier alpha value is -4.58. The number of hydrogen-bond donors (Lipinski definition) is 0. The maximum atomic E-state index is 14.3. The molecule has 0 aliphatic carbocycles. The third-order valence-electron chi connectivity index (χ3n) is 5.51. The molecule has 0 unspecified atom stereocenters. The van der Waals surface area contributed by atoms with Crippen molar-refractivity contribution >= 4 is 5.91 Å². The van der Waals surface area contributed by atoms with Crippen LogP contribution in [0.1, 0.15) is 27.0 Å². The van der Waals surface area contributed by atoms with Crippen molar-refractivity contribution in [2.24, 2.45) is 7.05 Å². The smallest absolute Gasteiger partial charge is 0.258 e. The highest BCUT2D eigenvalue weighted by molar-refractivity contribution is 6.01. The average molecular weight is 457 g/mol. The van der Waals surface area contributed by atoms with Gasteiger partial charge in [-0.25, -0.2) is 8.78 Å². The van der Waals surface area contributed by atoms with E-state index >= 15 is 0 Å². The number of aryl methyl sites for hydroxylation is 1. The van der Waals surface area contributed by atoms with Crippen molar-refractivity contribution in [3.63, 3.8) is 0 Å². The standard InChI is InChI=1S/C25H17F2N5O2/c1-31-13-18(11-30-31)21-6-5-15(10-29-21)12-32-14-17-3-2-4-22(23(17)25(32)33)34-24-19(26)7-16(9-28)8-20(24)27/h2-8,10-11,13H,12,14H2,1H3. The molecule has 2 aromatic heterocycles. The van der Waals surface area contributed by atoms with E-state index in [1.165, 1.54) is 6.07 Å². The largest absolute Gasteiger partial charge is 0.450 e. The minimum absolute atomic E-state index is 0.0533. The van der Waals surface area contributed by atoms with E-state index in [2.05, 4.69) is 10.1 Å². The molecule has 0 radical (unpaired) electrons. The first-order valence-corrected chi connectivity index (χ1v) is 10.3. The van der Waals surface area contributed by atoms with Crippen LogP contribution < -0.4 is 4.74 Å². The van der Waals surface area contributed by atoms with Gasteiger partial charge >= 0.3 is 0 Å². The highest BCUT2D eigenvalue weighted by Crippen LogP contribution is 2.36. The Bertz CT molecular complexity index is 1430. The van der Waals surface area contributed by atoms with Gasteiger partial charge in [-0.15, -0.1) is 0 Å². The molecule has 0 spiro atoms. The minimum Gasteiger partial charge on any atom is -0.450 e. The molecule has 1 amide bonds. The topological polar surface area (TPSA) is 84.0 Å². The zero-order valence-electron chi connectivity index (χ0n) is 18.0. The van der Waals surface area contributed by atoms with E-state index in [0.717, 1.165) is 29.0 Å². The summed E-state index contributed by atoms with van der Waals surface area (Å²) in [5.41, 5.74) is 3.28. The minimum atomic E-state index is -1.02. The van der Waals surface area contributed by atoms with Crippen molar-refractivity contribution < 1.29 is 18.3 Å². The van der Waals surface area contributed by atoms with Crippen LogP contribution in [0.15, 0.2) is 61.1 Å². The van der Waals surface area contributed by atoms with Crippen LogP contribution in [0.5, 0.6) is 11.5 Å². The molecule has 0 saturated heterocycles. The van der Waals surface area contributed by atoms with Crippen LogP contribution in [0.4, 0.5) is 8.78 Å². The van der Waals surface area contributed by atoms with Crippen LogP contribution >= 0.6 is 0 Å². The van der Waals surface area contributed by atoms with Gasteiger partial charge in [-0.05, 0) is 35.4 Å². The number of hydrogen-bond acceptors (Lipinski definition) is 5. The molecule has 3 heterocycles. The Morgan fingerprint density at radius 1 is 1.15 bits per heavy atom. The number of amides is 1. The number of fused-ring (bicyclic) bond motifs is 1. The molecule has 1 aliphatic heterocycles. The number of pyridine rings is 1. The number of ether oxygens (including phenoxy) is 1. The van der Waals surface area contributed by atoms with Crippen molar-refractivity contribution in [2.45, 2.75) is 13.1 Å². The monoisotopic (exact) mass is 457 g/mol. The third kappa shape index (κ3) is 3.86. The molecule has 0 fully saturated rings. The van der Waals surface area contributed by atoms with Crippen LogP contribution in [0.3, 0.4) is 0 Å². The molecule has 5 rings (SSSR count). The van der Waals surface area contributed by atoms with Crippen LogP contribution in [-0.2, 0) is 20.1 Å². The van der Waals surface area contributed by atoms with Gasteiger partial charge in [-0.3, -0.25) is 14.5 Å². The van der Waals surface area contributed by atoms with Crippen molar-refractivity contribution in [3.8, 4) is 28.8 Å². The van der Waals surface area contributed by atoms with Crippen LogP contribution in [-0.4, -0.2) is 25.6 Å². The van der Waals surface area contributed by atoms with Gasteiger partial charge in [0.2, 0.25) is 0 Å². The van der Waals surface area contributed by atoms with Gasteiger partial charge in [0.25, 0.3) is 5.91 Å². The molecule has 2 aromatic carbocycles. The van der Waals surface area contributed by atoms with E-state index in [0.29, 0.717) is 18.7 Å². The first kappa shape index (κ1) is 21.3. The first-order chi connectivity index (χ1) is 16.4. The number of nitriles is 1. The van der Waals surface area contributed by atoms with E-state index in [-0.39, 0.29) is 22.8 Å². The summed E-state index contributed by atoms with van der Waals surface area (Å²) in [5.74, 6) is -2.95. The van der Waals surface area contributed by atoms with Crippen LogP contribution in [0.2, 0.25) is 0 Å². The molecule has 34 heavy (non-hydrogen) atoms. The van der Waals surface area contributed by atoms with Gasteiger partial charge in [0.1, 0.15) is 5.75 Å². The first-order valence-electron chi connectivity index (χ1n) is 10.3. The Balaban J connectivity index is 1.37. The summed E-state index contributed by atoms with van der Waals surface area (Å²) in [5, 5.41) is 13.0. The van der Waals surface area contributed by atoms with E-state index in [4.69, 9.17) is 10.00 Å². The summed E-state index contributed by atoms with van der Waals surface area (Å²) in [7, 11) is 1.83. The number of nitrogens with zero attached hydrogens (tertiary/aromatic N) is 5. The zero-order chi connectivity index (χ0) is 23.8. The lowest BCUT2D eigenvalue weighted by Crippen LogP contribution is -2.23. The van der Waals surface area contributed by atoms with E-state index in [9.17, 15) is 13.6 Å². The number of halogens is 2. The van der Waals surface area contributed by atoms with Gasteiger partial charge in [-0.1, -0.05) is 18.2 Å². The molecule has 0 atom stereocenters. The fourth-order valence-electron chi connectivity index (χ4n) is 3.89. The lowest BCUT2D eigenvalue weighted by atomic mass is 10.1. The summed E-state index contributed by atoms with van der Waals surface area (Å²) >= 11 is 0. The number of carbonyl (C=O) groups is 1. The summed E-state index contributed by atoms with van der Waals surface area (Å²) in [6.45, 7) is 0.640. The summed E-state index contributed by atoms with van der Waals surface area (Å²) < 4.78 is 35.8. The quantitative estimate of drug-likeness (QED) is 0.438. The highest BCUT2D eigenvalue weighted by atomic mass is 19.1. The number of aromatic nitrogens is 3. The lowest BCUT2D eigenvalue weighted by Gasteiger charge is -2.16. The molecule has 1 aliphatic rings. The molecule has 9 heteroatoms. The van der Waals surface area contributed by atoms with Gasteiger partial charge in [0, 0.05) is 38.1 Å². The second kappa shape index (κ2) is 8.41. The van der Waals surface area contributed by atoms with Gasteiger partial charge in [-0.2, -0.15) is 10.4 Å². The predicted molar refractivity (Wildman–Crippen MR) is 118 cm³/mol. The average Bonchev–Trinajstić information content (AvgIpc) is 3.40. The highest BCUT2D eigenvalue weighted by Gasteiger charge is 2.31. The summed E-state index contributed by atoms with van der Waals surface area (Å²) in [4.78, 5) is 19.2. The Morgan fingerprint density at radius 3 is 2.59 bits per heavy atom. The zero-order valence-corrected chi connectivity index (χ0v) is 18.0. The SMILES string of the molecule is Cn1cc(-c2ccc(CN3Cc4cccc(Oc5c(F)cc(C#N)cc5F)c4C3=O)cn2)cn1. The van der Waals surface area contributed by atoms with E-state index in [1.54, 1.807) is 40.2 Å². The predicted octanol–water partition coefficient (Wildman–Crippen LogP) is 4.58. The number of carbonyl (C=O) groups excluding carboxylic acids is 1. The van der Waals surface area contributed by atoms with Gasteiger partial charge in [0.15, 0.2) is 17.4 Å². The second-order valence-corrected chi connectivity index (χ2v) is 7.89. The summed E-state index contributed by atoms with van der Waals surface area (Å²) in [6.07, 6.45) is 5.30. The Labute approximate surface area is 193 Å². The Morgan fingerprint density at radius 2 is 1.94 bits per heavy atom. The van der Waals surface area contributed by atoms with Crippen LogP contribution in [0, 0.1) is 23.0 Å². The van der Waals surface area contributed by atoms with Crippen LogP contribution in [0.25, 0.3) is 11.3 Å². The molecule has 0 saturated carbocycles.